The Morgan fingerprint density at radius 2 is 1.76 bits per heavy atom. The van der Waals surface area contributed by atoms with Gasteiger partial charge in [0.15, 0.2) is 11.5 Å². The van der Waals surface area contributed by atoms with E-state index in [2.05, 4.69) is 33.8 Å². The van der Waals surface area contributed by atoms with Crippen LogP contribution in [0.2, 0.25) is 0 Å². The molecule has 0 bridgehead atoms. The second-order valence-electron chi connectivity index (χ2n) is 8.69. The molecule has 2 rings (SSSR count). The number of benzene rings is 1. The number of rotatable bonds is 8. The van der Waals surface area contributed by atoms with E-state index in [0.717, 1.165) is 41.2 Å². The molecule has 0 N–H and O–H groups in total. The molecule has 0 heterocycles. The highest BCUT2D eigenvalue weighted by atomic mass is 16.5. The summed E-state index contributed by atoms with van der Waals surface area (Å²) in [6.45, 7) is 8.68. The molecule has 0 radical (unpaired) electrons. The van der Waals surface area contributed by atoms with E-state index in [9.17, 15) is 4.79 Å². The van der Waals surface area contributed by atoms with Gasteiger partial charge in [0.25, 0.3) is 0 Å². The molecule has 0 saturated carbocycles. The largest absolute Gasteiger partial charge is 0.496 e. The summed E-state index contributed by atoms with van der Waals surface area (Å²) >= 11 is 0. The minimum Gasteiger partial charge on any atom is -0.496 e. The lowest BCUT2D eigenvalue weighted by Gasteiger charge is -2.39. The van der Waals surface area contributed by atoms with Gasteiger partial charge in [0.1, 0.15) is 5.75 Å². The lowest BCUT2D eigenvalue weighted by Crippen LogP contribution is -2.31. The van der Waals surface area contributed by atoms with Crippen molar-refractivity contribution in [3.63, 3.8) is 0 Å². The summed E-state index contributed by atoms with van der Waals surface area (Å²) < 4.78 is 22.2. The Balaban J connectivity index is 2.53. The molecule has 1 aliphatic carbocycles. The molecule has 5 nitrogen and oxygen atoms in total. The Kier molecular flexibility index (Phi) is 7.61. The fraction of sp³-hybridized carbons (Fsp3) is 0.625. The first kappa shape index (κ1) is 23.1. The molecule has 0 saturated heterocycles. The summed E-state index contributed by atoms with van der Waals surface area (Å²) in [6.07, 6.45) is 5.39. The maximum absolute atomic E-state index is 12.1. The number of carbonyl (C=O) groups excluding carboxylic acids is 1. The van der Waals surface area contributed by atoms with Crippen molar-refractivity contribution >= 4 is 5.97 Å². The second kappa shape index (κ2) is 9.55. The van der Waals surface area contributed by atoms with Crippen LogP contribution in [0.5, 0.6) is 17.2 Å². The molecule has 162 valence electrons. The van der Waals surface area contributed by atoms with Gasteiger partial charge in [-0.2, -0.15) is 0 Å². The first-order valence-electron chi connectivity index (χ1n) is 10.3. The van der Waals surface area contributed by atoms with Crippen molar-refractivity contribution in [3.05, 3.63) is 28.8 Å². The standard InChI is InChI=1S/C24H36O5/c1-15(2)21-19(26-5)13-17(22(28-7)23(21)29-8)12-16-10-9-11-24(3,4)18(16)14-20(25)27-6/h10,13,15,18H,9,11-12,14H2,1-8H3/t18-/m1/s1. The maximum Gasteiger partial charge on any atom is 0.306 e. The van der Waals surface area contributed by atoms with Gasteiger partial charge in [-0.15, -0.1) is 0 Å². The first-order chi connectivity index (χ1) is 13.7. The van der Waals surface area contributed by atoms with E-state index in [1.54, 1.807) is 21.3 Å². The summed E-state index contributed by atoms with van der Waals surface area (Å²) in [6, 6.07) is 2.05. The normalized spacial score (nSPS) is 18.2. The fourth-order valence-corrected chi connectivity index (χ4v) is 4.48. The third-order valence-corrected chi connectivity index (χ3v) is 6.10. The Labute approximate surface area is 175 Å². The van der Waals surface area contributed by atoms with Crippen LogP contribution < -0.4 is 14.2 Å². The van der Waals surface area contributed by atoms with Crippen LogP contribution >= 0.6 is 0 Å². The van der Waals surface area contributed by atoms with E-state index < -0.39 is 0 Å². The molecule has 29 heavy (non-hydrogen) atoms. The number of allylic oxidation sites excluding steroid dienone is 2. The van der Waals surface area contributed by atoms with Crippen LogP contribution in [0, 0.1) is 11.3 Å². The molecule has 1 aromatic rings. The first-order valence-corrected chi connectivity index (χ1v) is 10.3. The van der Waals surface area contributed by atoms with Crippen LogP contribution in [0.4, 0.5) is 0 Å². The summed E-state index contributed by atoms with van der Waals surface area (Å²) in [5, 5.41) is 0. The van der Waals surface area contributed by atoms with Gasteiger partial charge in [-0.25, -0.2) is 0 Å². The number of esters is 1. The molecule has 0 fully saturated rings. The van der Waals surface area contributed by atoms with Gasteiger partial charge in [-0.05, 0) is 42.6 Å². The number of hydrogen-bond donors (Lipinski definition) is 0. The van der Waals surface area contributed by atoms with Crippen molar-refractivity contribution in [3.8, 4) is 17.2 Å². The zero-order valence-electron chi connectivity index (χ0n) is 19.2. The lowest BCUT2D eigenvalue weighted by atomic mass is 9.66. The van der Waals surface area contributed by atoms with E-state index in [0.29, 0.717) is 12.8 Å². The van der Waals surface area contributed by atoms with Crippen LogP contribution in [-0.2, 0) is 16.0 Å². The number of carbonyl (C=O) groups is 1. The average Bonchev–Trinajstić information content (AvgIpc) is 2.68. The van der Waals surface area contributed by atoms with Gasteiger partial charge in [-0.1, -0.05) is 39.3 Å². The second-order valence-corrected chi connectivity index (χ2v) is 8.69. The summed E-state index contributed by atoms with van der Waals surface area (Å²) in [5.41, 5.74) is 3.27. The van der Waals surface area contributed by atoms with Crippen molar-refractivity contribution in [2.45, 2.75) is 59.3 Å². The van der Waals surface area contributed by atoms with Crippen LogP contribution in [0.15, 0.2) is 17.7 Å². The Hall–Kier alpha value is -2.17. The molecular weight excluding hydrogens is 368 g/mol. The zero-order valence-corrected chi connectivity index (χ0v) is 19.2. The molecule has 1 aromatic carbocycles. The zero-order chi connectivity index (χ0) is 21.8. The monoisotopic (exact) mass is 404 g/mol. The minimum atomic E-state index is -0.173. The van der Waals surface area contributed by atoms with Gasteiger partial charge >= 0.3 is 5.97 Å². The van der Waals surface area contributed by atoms with Crippen LogP contribution in [0.1, 0.15) is 64.0 Å². The van der Waals surface area contributed by atoms with E-state index in [4.69, 9.17) is 18.9 Å². The molecule has 0 amide bonds. The van der Waals surface area contributed by atoms with E-state index >= 15 is 0 Å². The molecule has 0 spiro atoms. The quantitative estimate of drug-likeness (QED) is 0.434. The van der Waals surface area contributed by atoms with Crippen LogP contribution in [-0.4, -0.2) is 34.4 Å². The number of ether oxygens (including phenoxy) is 4. The third kappa shape index (κ3) is 4.88. The van der Waals surface area contributed by atoms with Crippen molar-refractivity contribution in [1.82, 2.24) is 0 Å². The number of methoxy groups -OCH3 is 4. The molecule has 1 aliphatic rings. The smallest absolute Gasteiger partial charge is 0.306 e. The molecular formula is C24H36O5. The average molecular weight is 405 g/mol. The highest BCUT2D eigenvalue weighted by Crippen LogP contribution is 2.48. The summed E-state index contributed by atoms with van der Waals surface area (Å²) in [7, 11) is 6.46. The summed E-state index contributed by atoms with van der Waals surface area (Å²) in [5.74, 6) is 2.43. The third-order valence-electron chi connectivity index (χ3n) is 6.10. The van der Waals surface area contributed by atoms with Crippen LogP contribution in [0.25, 0.3) is 0 Å². The van der Waals surface area contributed by atoms with Gasteiger partial charge < -0.3 is 18.9 Å². The van der Waals surface area contributed by atoms with E-state index in [1.165, 1.54) is 12.7 Å². The van der Waals surface area contributed by atoms with Crippen molar-refractivity contribution in [1.29, 1.82) is 0 Å². The van der Waals surface area contributed by atoms with Crippen molar-refractivity contribution in [2.75, 3.05) is 28.4 Å². The lowest BCUT2D eigenvalue weighted by molar-refractivity contribution is -0.142. The SMILES string of the molecule is COC(=O)C[C@@H]1C(Cc2cc(OC)c(C(C)C)c(OC)c2OC)=CCCC1(C)C. The predicted molar refractivity (Wildman–Crippen MR) is 115 cm³/mol. The highest BCUT2D eigenvalue weighted by molar-refractivity contribution is 5.70. The highest BCUT2D eigenvalue weighted by Gasteiger charge is 2.37. The molecule has 0 aromatic heterocycles. The number of hydrogen-bond acceptors (Lipinski definition) is 5. The summed E-state index contributed by atoms with van der Waals surface area (Å²) in [4.78, 5) is 12.1. The van der Waals surface area contributed by atoms with Gasteiger partial charge in [-0.3, -0.25) is 4.79 Å². The Morgan fingerprint density at radius 3 is 2.28 bits per heavy atom. The molecule has 5 heteroatoms. The maximum atomic E-state index is 12.1. The van der Waals surface area contributed by atoms with Gasteiger partial charge in [0.2, 0.25) is 0 Å². The van der Waals surface area contributed by atoms with Crippen molar-refractivity contribution in [2.24, 2.45) is 11.3 Å². The fourth-order valence-electron chi connectivity index (χ4n) is 4.48. The minimum absolute atomic E-state index is 0.0254. The molecule has 1 atom stereocenters. The topological polar surface area (TPSA) is 54.0 Å². The van der Waals surface area contributed by atoms with Crippen LogP contribution in [0.3, 0.4) is 0 Å². The van der Waals surface area contributed by atoms with E-state index in [-0.39, 0.29) is 23.2 Å². The van der Waals surface area contributed by atoms with Gasteiger partial charge in [0, 0.05) is 11.1 Å². The van der Waals surface area contributed by atoms with Gasteiger partial charge in [0.05, 0.1) is 34.9 Å². The Bertz CT molecular complexity index is 761. The van der Waals surface area contributed by atoms with Crippen molar-refractivity contribution < 1.29 is 23.7 Å². The molecule has 0 aliphatic heterocycles. The Morgan fingerprint density at radius 1 is 1.10 bits per heavy atom. The van der Waals surface area contributed by atoms with E-state index in [1.807, 2.05) is 6.07 Å². The predicted octanol–water partition coefficient (Wildman–Crippen LogP) is 5.30. The molecule has 0 unspecified atom stereocenters.